The molecule has 3 atom stereocenters. The van der Waals surface area contributed by atoms with Gasteiger partial charge < -0.3 is 39.3 Å². The Hall–Kier alpha value is -3.54. The number of benzene rings is 1. The van der Waals surface area contributed by atoms with E-state index < -0.39 is 48.6 Å². The first kappa shape index (κ1) is 32.5. The van der Waals surface area contributed by atoms with Crippen LogP contribution in [0, 0.1) is 11.8 Å². The summed E-state index contributed by atoms with van der Waals surface area (Å²) in [5, 5.41) is 9.59. The molecule has 0 aliphatic carbocycles. The predicted octanol–water partition coefficient (Wildman–Crippen LogP) is 4.87. The van der Waals surface area contributed by atoms with Crippen molar-refractivity contribution >= 4 is 24.4 Å². The highest BCUT2D eigenvalue weighted by molar-refractivity contribution is 5.75. The van der Waals surface area contributed by atoms with Gasteiger partial charge in [0, 0.05) is 5.92 Å². The summed E-state index contributed by atoms with van der Waals surface area (Å²) in [6.07, 6.45) is -4.16. The van der Waals surface area contributed by atoms with Gasteiger partial charge in [-0.1, -0.05) is 33.8 Å². The molecule has 1 rings (SSSR count). The summed E-state index contributed by atoms with van der Waals surface area (Å²) < 4.78 is 30.7. The number of rotatable bonds is 13. The molecule has 0 radical (unpaired) electrons. The normalized spacial score (nSPS) is 13.4. The molecule has 0 aromatic heterocycles. The van der Waals surface area contributed by atoms with Crippen LogP contribution in [0.5, 0.6) is 11.5 Å². The second-order valence-electron chi connectivity index (χ2n) is 9.87. The third kappa shape index (κ3) is 12.1. The zero-order chi connectivity index (χ0) is 29.0. The molecule has 38 heavy (non-hydrogen) atoms. The van der Waals surface area contributed by atoms with Crippen molar-refractivity contribution in [2.45, 2.75) is 79.1 Å². The number of carboxylic acids is 1. The summed E-state index contributed by atoms with van der Waals surface area (Å²) in [7, 11) is 0. The average molecular weight is 542 g/mol. The van der Waals surface area contributed by atoms with E-state index >= 15 is 0 Å². The van der Waals surface area contributed by atoms with E-state index in [9.17, 15) is 24.3 Å². The Labute approximate surface area is 222 Å². The Bertz CT molecular complexity index is 945. The maximum atomic E-state index is 12.3. The summed E-state index contributed by atoms with van der Waals surface area (Å²) >= 11 is 0. The minimum Gasteiger partial charge on any atom is -0.480 e. The molecule has 0 saturated carbocycles. The van der Waals surface area contributed by atoms with Gasteiger partial charge >= 0.3 is 24.4 Å². The van der Waals surface area contributed by atoms with Crippen LogP contribution >= 0.6 is 0 Å². The summed E-state index contributed by atoms with van der Waals surface area (Å²) in [5.41, 5.74) is 6.28. The minimum absolute atomic E-state index is 0.00542. The van der Waals surface area contributed by atoms with Gasteiger partial charge in [-0.2, -0.15) is 0 Å². The molecule has 0 fully saturated rings. The second-order valence-corrected chi connectivity index (χ2v) is 9.87. The Balaban J connectivity index is 3.29. The molecule has 0 bridgehead atoms. The first-order valence-corrected chi connectivity index (χ1v) is 12.4. The Morgan fingerprint density at radius 1 is 0.789 bits per heavy atom. The molecule has 12 heteroatoms. The molecular formula is C26H39NO11. The number of hydrogen-bond donors (Lipinski definition) is 2. The fraction of sp³-hybridized carbons (Fsp3) is 0.615. The quantitative estimate of drug-likeness (QED) is 0.198. The summed E-state index contributed by atoms with van der Waals surface area (Å²) in [5.74, 6) is -2.47. The number of aliphatic carboxylic acids is 1. The molecule has 2 unspecified atom stereocenters. The third-order valence-electron chi connectivity index (χ3n) is 4.79. The lowest BCUT2D eigenvalue weighted by molar-refractivity contribution is -0.139. The molecule has 0 saturated heterocycles. The van der Waals surface area contributed by atoms with E-state index in [0.717, 1.165) is 0 Å². The van der Waals surface area contributed by atoms with Crippen LogP contribution in [0.15, 0.2) is 18.2 Å². The van der Waals surface area contributed by atoms with Crippen LogP contribution in [0.2, 0.25) is 0 Å². The van der Waals surface area contributed by atoms with Gasteiger partial charge in [0.2, 0.25) is 0 Å². The van der Waals surface area contributed by atoms with Gasteiger partial charge in [-0.05, 0) is 56.7 Å². The third-order valence-corrected chi connectivity index (χ3v) is 4.79. The van der Waals surface area contributed by atoms with Crippen molar-refractivity contribution in [2.24, 2.45) is 17.6 Å². The van der Waals surface area contributed by atoms with Crippen molar-refractivity contribution in [3.63, 3.8) is 0 Å². The molecular weight excluding hydrogens is 502 g/mol. The zero-order valence-corrected chi connectivity index (χ0v) is 22.9. The van der Waals surface area contributed by atoms with Gasteiger partial charge in [0.05, 0.1) is 19.3 Å². The van der Waals surface area contributed by atoms with Crippen LogP contribution < -0.4 is 15.2 Å². The second kappa shape index (κ2) is 15.7. The number of ether oxygens (including phenoxy) is 6. The minimum atomic E-state index is -1.41. The van der Waals surface area contributed by atoms with E-state index in [1.54, 1.807) is 20.8 Å². The maximum Gasteiger partial charge on any atom is 0.513 e. The van der Waals surface area contributed by atoms with Crippen LogP contribution in [0.25, 0.3) is 0 Å². The van der Waals surface area contributed by atoms with Gasteiger partial charge in [0.25, 0.3) is 0 Å². The topological polar surface area (TPSA) is 170 Å². The number of nitrogens with two attached hydrogens (primary N) is 1. The van der Waals surface area contributed by atoms with E-state index in [1.165, 1.54) is 18.2 Å². The lowest BCUT2D eigenvalue weighted by Gasteiger charge is -2.25. The van der Waals surface area contributed by atoms with Crippen LogP contribution in [0.3, 0.4) is 0 Å². The fourth-order valence-electron chi connectivity index (χ4n) is 3.08. The lowest BCUT2D eigenvalue weighted by Crippen LogP contribution is -2.38. The number of carbonyl (C=O) groups is 4. The number of carbonyl (C=O) groups excluding carboxylic acids is 3. The standard InChI is InChI=1S/C26H39NO11/c1-14(2)12-33-24(30)37-20-9-8-18(11-21(20)38-25(31)34-13-15(3)4)19(22(27)23(28)29)10-17(7)36-26(32)35-16(5)6/h8-9,11,14-17,19,22H,10,12-13,27H2,1-7H3,(H,28,29)/t17?,19?,22-/m0/s1. The molecule has 12 nitrogen and oxygen atoms in total. The zero-order valence-electron chi connectivity index (χ0n) is 22.9. The smallest absolute Gasteiger partial charge is 0.480 e. The van der Waals surface area contributed by atoms with Gasteiger partial charge in [0.1, 0.15) is 12.1 Å². The molecule has 0 amide bonds. The highest BCUT2D eigenvalue weighted by Crippen LogP contribution is 2.35. The predicted molar refractivity (Wildman–Crippen MR) is 135 cm³/mol. The number of carboxylic acid groups (broad SMARTS) is 1. The first-order valence-electron chi connectivity index (χ1n) is 12.4. The largest absolute Gasteiger partial charge is 0.513 e. The van der Waals surface area contributed by atoms with Crippen LogP contribution in [-0.2, 0) is 23.7 Å². The van der Waals surface area contributed by atoms with E-state index in [0.29, 0.717) is 5.56 Å². The maximum absolute atomic E-state index is 12.3. The van der Waals surface area contributed by atoms with Crippen molar-refractivity contribution in [1.29, 1.82) is 0 Å². The highest BCUT2D eigenvalue weighted by atomic mass is 16.7. The van der Waals surface area contributed by atoms with Gasteiger partial charge in [-0.25, -0.2) is 14.4 Å². The summed E-state index contributed by atoms with van der Waals surface area (Å²) in [6.45, 7) is 12.4. The molecule has 0 aliphatic rings. The van der Waals surface area contributed by atoms with E-state index in [-0.39, 0.29) is 43.0 Å². The van der Waals surface area contributed by atoms with Crippen molar-refractivity contribution in [3.05, 3.63) is 23.8 Å². The van der Waals surface area contributed by atoms with Crippen molar-refractivity contribution in [3.8, 4) is 11.5 Å². The fourth-order valence-corrected chi connectivity index (χ4v) is 3.08. The Morgan fingerprint density at radius 3 is 1.79 bits per heavy atom. The average Bonchev–Trinajstić information content (AvgIpc) is 2.79. The van der Waals surface area contributed by atoms with E-state index in [1.807, 2.05) is 27.7 Å². The van der Waals surface area contributed by atoms with Gasteiger partial charge in [0.15, 0.2) is 11.5 Å². The van der Waals surface area contributed by atoms with Crippen molar-refractivity contribution < 1.29 is 52.7 Å². The van der Waals surface area contributed by atoms with Crippen molar-refractivity contribution in [1.82, 2.24) is 0 Å². The molecule has 214 valence electrons. The molecule has 0 spiro atoms. The summed E-state index contributed by atoms with van der Waals surface area (Å²) in [6, 6.07) is 2.68. The monoisotopic (exact) mass is 541 g/mol. The van der Waals surface area contributed by atoms with Crippen LogP contribution in [0.1, 0.15) is 66.4 Å². The van der Waals surface area contributed by atoms with Crippen molar-refractivity contribution in [2.75, 3.05) is 13.2 Å². The molecule has 0 heterocycles. The van der Waals surface area contributed by atoms with Gasteiger partial charge in [-0.15, -0.1) is 0 Å². The SMILES string of the molecule is CC(C)COC(=O)Oc1ccc(C(CC(C)OC(=O)OC(C)C)[C@H](N)C(=O)O)cc1OC(=O)OCC(C)C. The van der Waals surface area contributed by atoms with Crippen LogP contribution in [0.4, 0.5) is 14.4 Å². The molecule has 1 aromatic rings. The first-order chi connectivity index (χ1) is 17.7. The Kier molecular flexibility index (Phi) is 13.4. The molecule has 1 aromatic carbocycles. The van der Waals surface area contributed by atoms with Gasteiger partial charge in [-0.3, -0.25) is 4.79 Å². The van der Waals surface area contributed by atoms with Crippen LogP contribution in [-0.4, -0.2) is 61.0 Å². The number of hydrogen-bond acceptors (Lipinski definition) is 11. The molecule has 0 aliphatic heterocycles. The lowest BCUT2D eigenvalue weighted by atomic mass is 9.87. The molecule has 3 N–H and O–H groups in total. The van der Waals surface area contributed by atoms with E-state index in [2.05, 4.69) is 0 Å². The highest BCUT2D eigenvalue weighted by Gasteiger charge is 2.30. The van der Waals surface area contributed by atoms with E-state index in [4.69, 9.17) is 34.2 Å². The Morgan fingerprint density at radius 2 is 1.32 bits per heavy atom. The summed E-state index contributed by atoms with van der Waals surface area (Å²) in [4.78, 5) is 48.1.